The topological polar surface area (TPSA) is 64.3 Å². The fourth-order valence-electron chi connectivity index (χ4n) is 2.02. The second kappa shape index (κ2) is 6.80. The number of amides is 1. The third-order valence-electron chi connectivity index (χ3n) is 2.92. The van der Waals surface area contributed by atoms with Crippen LogP contribution in [0.15, 0.2) is 0 Å². The van der Waals surface area contributed by atoms with E-state index in [0.29, 0.717) is 25.0 Å². The highest BCUT2D eigenvalue weighted by Gasteiger charge is 2.21. The molecule has 4 heteroatoms. The van der Waals surface area contributed by atoms with Gasteiger partial charge in [0.15, 0.2) is 0 Å². The van der Waals surface area contributed by atoms with Crippen LogP contribution in [0.3, 0.4) is 0 Å². The Labute approximate surface area is 91.5 Å². The maximum absolute atomic E-state index is 11.4. The Morgan fingerprint density at radius 2 is 2.33 bits per heavy atom. The summed E-state index contributed by atoms with van der Waals surface area (Å²) in [5, 5.41) is 2.95. The first-order valence-corrected chi connectivity index (χ1v) is 5.73. The number of nitrogens with one attached hydrogen (secondary N) is 1. The Hall–Kier alpha value is -0.610. The second-order valence-corrected chi connectivity index (χ2v) is 4.34. The zero-order chi connectivity index (χ0) is 11.1. The number of hydrogen-bond acceptors (Lipinski definition) is 3. The molecule has 0 radical (unpaired) electrons. The van der Waals surface area contributed by atoms with Gasteiger partial charge in [-0.15, -0.1) is 0 Å². The van der Waals surface area contributed by atoms with Crippen LogP contribution in [0.4, 0.5) is 0 Å². The normalized spacial score (nSPS) is 25.5. The smallest absolute Gasteiger partial charge is 0.220 e. The highest BCUT2D eigenvalue weighted by molar-refractivity contribution is 5.75. The van der Waals surface area contributed by atoms with Crippen molar-refractivity contribution in [3.05, 3.63) is 0 Å². The molecule has 3 N–H and O–H groups in total. The lowest BCUT2D eigenvalue weighted by Crippen LogP contribution is -2.29. The van der Waals surface area contributed by atoms with E-state index < -0.39 is 0 Å². The molecule has 0 bridgehead atoms. The van der Waals surface area contributed by atoms with Gasteiger partial charge in [-0.25, -0.2) is 0 Å². The van der Waals surface area contributed by atoms with Crippen molar-refractivity contribution in [2.24, 2.45) is 11.7 Å². The minimum atomic E-state index is 0.132. The number of carbonyl (C=O) groups is 1. The lowest BCUT2D eigenvalue weighted by Gasteiger charge is -2.10. The highest BCUT2D eigenvalue weighted by Crippen LogP contribution is 2.23. The molecule has 1 fully saturated rings. The van der Waals surface area contributed by atoms with Gasteiger partial charge in [-0.2, -0.15) is 0 Å². The molecule has 0 aromatic rings. The molecule has 2 atom stereocenters. The summed E-state index contributed by atoms with van der Waals surface area (Å²) < 4.78 is 4.89. The molecular weight excluding hydrogens is 192 g/mol. The number of rotatable bonds is 6. The molecule has 88 valence electrons. The van der Waals surface area contributed by atoms with E-state index in [1.54, 1.807) is 7.11 Å². The number of ether oxygens (including phenoxy) is 1. The number of hydrogen-bond donors (Lipinski definition) is 2. The SMILES string of the molecule is COCCCC(=O)NCC1CCC(N)C1. The van der Waals surface area contributed by atoms with Crippen LogP contribution in [0, 0.1) is 5.92 Å². The summed E-state index contributed by atoms with van der Waals surface area (Å²) in [6.07, 6.45) is 4.67. The van der Waals surface area contributed by atoms with E-state index in [-0.39, 0.29) is 5.91 Å². The fraction of sp³-hybridized carbons (Fsp3) is 0.909. The van der Waals surface area contributed by atoms with Crippen LogP contribution in [-0.2, 0) is 9.53 Å². The molecule has 0 heterocycles. The van der Waals surface area contributed by atoms with E-state index in [4.69, 9.17) is 10.5 Å². The minimum absolute atomic E-state index is 0.132. The number of nitrogens with two attached hydrogens (primary N) is 1. The Balaban J connectivity index is 2.01. The minimum Gasteiger partial charge on any atom is -0.385 e. The summed E-state index contributed by atoms with van der Waals surface area (Å²) in [6.45, 7) is 1.45. The summed E-state index contributed by atoms with van der Waals surface area (Å²) in [6, 6.07) is 0.348. The van der Waals surface area contributed by atoms with Crippen molar-refractivity contribution in [1.29, 1.82) is 0 Å². The van der Waals surface area contributed by atoms with Crippen molar-refractivity contribution in [2.45, 2.75) is 38.1 Å². The first kappa shape index (κ1) is 12.5. The summed E-state index contributed by atoms with van der Waals surface area (Å²) in [5.74, 6) is 0.721. The van der Waals surface area contributed by atoms with Crippen molar-refractivity contribution in [2.75, 3.05) is 20.3 Å². The molecule has 1 aliphatic carbocycles. The lowest BCUT2D eigenvalue weighted by molar-refractivity contribution is -0.121. The van der Waals surface area contributed by atoms with E-state index >= 15 is 0 Å². The van der Waals surface area contributed by atoms with Gasteiger partial charge in [-0.05, 0) is 31.6 Å². The van der Waals surface area contributed by atoms with E-state index in [0.717, 1.165) is 32.2 Å². The molecule has 15 heavy (non-hydrogen) atoms. The molecular formula is C11H22N2O2. The van der Waals surface area contributed by atoms with Gasteiger partial charge in [0.1, 0.15) is 0 Å². The summed E-state index contributed by atoms with van der Waals surface area (Å²) in [4.78, 5) is 11.4. The molecule has 4 nitrogen and oxygen atoms in total. The lowest BCUT2D eigenvalue weighted by atomic mass is 10.1. The third kappa shape index (κ3) is 5.14. The first-order valence-electron chi connectivity index (χ1n) is 5.73. The third-order valence-corrected chi connectivity index (χ3v) is 2.92. The standard InChI is InChI=1S/C11H22N2O2/c1-15-6-2-3-11(14)13-8-9-4-5-10(12)7-9/h9-10H,2-8,12H2,1H3,(H,13,14). The van der Waals surface area contributed by atoms with Gasteiger partial charge in [0.25, 0.3) is 0 Å². The van der Waals surface area contributed by atoms with Gasteiger partial charge in [-0.1, -0.05) is 0 Å². The van der Waals surface area contributed by atoms with E-state index in [1.807, 2.05) is 0 Å². The van der Waals surface area contributed by atoms with E-state index in [2.05, 4.69) is 5.32 Å². The highest BCUT2D eigenvalue weighted by atomic mass is 16.5. The van der Waals surface area contributed by atoms with Crippen molar-refractivity contribution >= 4 is 5.91 Å². The molecule has 2 unspecified atom stereocenters. The van der Waals surface area contributed by atoms with Crippen molar-refractivity contribution < 1.29 is 9.53 Å². The summed E-state index contributed by atoms with van der Waals surface area (Å²) >= 11 is 0. The largest absolute Gasteiger partial charge is 0.385 e. The maximum Gasteiger partial charge on any atom is 0.220 e. The second-order valence-electron chi connectivity index (χ2n) is 4.34. The van der Waals surface area contributed by atoms with Crippen LogP contribution in [0.1, 0.15) is 32.1 Å². The molecule has 0 aliphatic heterocycles. The number of carbonyl (C=O) groups excluding carboxylic acids is 1. The fourth-order valence-corrected chi connectivity index (χ4v) is 2.02. The molecule has 1 rings (SSSR count). The van der Waals surface area contributed by atoms with Crippen LogP contribution < -0.4 is 11.1 Å². The van der Waals surface area contributed by atoms with Crippen molar-refractivity contribution in [3.8, 4) is 0 Å². The molecule has 0 saturated heterocycles. The van der Waals surface area contributed by atoms with E-state index in [1.165, 1.54) is 0 Å². The Morgan fingerprint density at radius 1 is 1.53 bits per heavy atom. The average Bonchev–Trinajstić information content (AvgIpc) is 2.62. The molecule has 1 amide bonds. The van der Waals surface area contributed by atoms with Gasteiger partial charge < -0.3 is 15.8 Å². The monoisotopic (exact) mass is 214 g/mol. The maximum atomic E-state index is 11.4. The Kier molecular flexibility index (Phi) is 5.65. The Bertz CT molecular complexity index is 197. The van der Waals surface area contributed by atoms with Crippen LogP contribution in [-0.4, -0.2) is 32.2 Å². The van der Waals surface area contributed by atoms with E-state index in [9.17, 15) is 4.79 Å². The zero-order valence-corrected chi connectivity index (χ0v) is 9.50. The van der Waals surface area contributed by atoms with Crippen LogP contribution >= 0.6 is 0 Å². The van der Waals surface area contributed by atoms with Gasteiger partial charge >= 0.3 is 0 Å². The molecule has 1 aliphatic rings. The average molecular weight is 214 g/mol. The van der Waals surface area contributed by atoms with Gasteiger partial charge in [0, 0.05) is 32.7 Å². The predicted octanol–water partition coefficient (Wildman–Crippen LogP) is 0.657. The molecule has 1 saturated carbocycles. The molecule has 0 aromatic carbocycles. The van der Waals surface area contributed by atoms with Crippen molar-refractivity contribution in [1.82, 2.24) is 5.32 Å². The summed E-state index contributed by atoms with van der Waals surface area (Å²) in [5.41, 5.74) is 5.80. The van der Waals surface area contributed by atoms with Gasteiger partial charge in [0.05, 0.1) is 0 Å². The zero-order valence-electron chi connectivity index (χ0n) is 9.50. The van der Waals surface area contributed by atoms with Crippen LogP contribution in [0.25, 0.3) is 0 Å². The number of methoxy groups -OCH3 is 1. The van der Waals surface area contributed by atoms with Crippen LogP contribution in [0.5, 0.6) is 0 Å². The Morgan fingerprint density at radius 3 is 2.93 bits per heavy atom. The quantitative estimate of drug-likeness (QED) is 0.638. The molecule has 0 aromatic heterocycles. The van der Waals surface area contributed by atoms with Crippen molar-refractivity contribution in [3.63, 3.8) is 0 Å². The predicted molar refractivity (Wildman–Crippen MR) is 59.4 cm³/mol. The summed E-state index contributed by atoms with van der Waals surface area (Å²) in [7, 11) is 1.65. The first-order chi connectivity index (χ1) is 7.22. The van der Waals surface area contributed by atoms with Gasteiger partial charge in [0.2, 0.25) is 5.91 Å². The van der Waals surface area contributed by atoms with Gasteiger partial charge in [-0.3, -0.25) is 4.79 Å². The molecule has 0 spiro atoms. The van der Waals surface area contributed by atoms with Crippen LogP contribution in [0.2, 0.25) is 0 Å².